The van der Waals surface area contributed by atoms with Gasteiger partial charge < -0.3 is 5.32 Å². The topological polar surface area (TPSA) is 66.4 Å². The standard InChI is InChI=1S/C18H15ClN4O/c19-18-14(10-13-6-4-5-9-16(13)22-18)11-21-23-17(24)12-20-15-7-2-1-3-8-15/h1-11,20H,12H2,(H,23,24). The van der Waals surface area contributed by atoms with Crippen LogP contribution in [0.15, 0.2) is 65.8 Å². The summed E-state index contributed by atoms with van der Waals surface area (Å²) in [6.45, 7) is 0.130. The second-order valence-electron chi connectivity index (χ2n) is 5.07. The average molecular weight is 339 g/mol. The van der Waals surface area contributed by atoms with Crippen LogP contribution < -0.4 is 10.7 Å². The number of aromatic nitrogens is 1. The Morgan fingerprint density at radius 1 is 1.12 bits per heavy atom. The number of nitrogens with one attached hydrogen (secondary N) is 2. The molecule has 0 unspecified atom stereocenters. The maximum Gasteiger partial charge on any atom is 0.259 e. The van der Waals surface area contributed by atoms with Crippen LogP contribution in [0.5, 0.6) is 0 Å². The molecule has 2 N–H and O–H groups in total. The molecule has 3 aromatic rings. The molecular weight excluding hydrogens is 324 g/mol. The number of carbonyl (C=O) groups is 1. The van der Waals surface area contributed by atoms with Crippen LogP contribution >= 0.6 is 11.6 Å². The lowest BCUT2D eigenvalue weighted by Gasteiger charge is -2.05. The normalized spacial score (nSPS) is 10.9. The van der Waals surface area contributed by atoms with Crippen molar-refractivity contribution >= 4 is 40.3 Å². The largest absolute Gasteiger partial charge is 0.376 e. The van der Waals surface area contributed by atoms with E-state index in [4.69, 9.17) is 11.6 Å². The quantitative estimate of drug-likeness (QED) is 0.425. The number of benzene rings is 2. The lowest BCUT2D eigenvalue weighted by atomic mass is 10.2. The van der Waals surface area contributed by atoms with Crippen LogP contribution in [0, 0.1) is 0 Å². The number of hydrazone groups is 1. The zero-order valence-corrected chi connectivity index (χ0v) is 13.5. The van der Waals surface area contributed by atoms with E-state index in [1.807, 2.05) is 60.7 Å². The van der Waals surface area contributed by atoms with Gasteiger partial charge in [0, 0.05) is 16.6 Å². The van der Waals surface area contributed by atoms with Crippen LogP contribution in [0.25, 0.3) is 10.9 Å². The molecule has 0 saturated carbocycles. The van der Waals surface area contributed by atoms with Crippen LogP contribution in [0.1, 0.15) is 5.56 Å². The van der Waals surface area contributed by atoms with E-state index >= 15 is 0 Å². The number of amides is 1. The fourth-order valence-electron chi connectivity index (χ4n) is 2.15. The van der Waals surface area contributed by atoms with Crippen LogP contribution in [-0.4, -0.2) is 23.7 Å². The van der Waals surface area contributed by atoms with Gasteiger partial charge in [-0.25, -0.2) is 10.4 Å². The van der Waals surface area contributed by atoms with Crippen molar-refractivity contribution in [3.05, 3.63) is 71.4 Å². The Hall–Kier alpha value is -2.92. The summed E-state index contributed by atoms with van der Waals surface area (Å²) >= 11 is 6.13. The van der Waals surface area contributed by atoms with Crippen molar-refractivity contribution in [3.63, 3.8) is 0 Å². The third kappa shape index (κ3) is 4.08. The zero-order valence-electron chi connectivity index (χ0n) is 12.7. The molecule has 0 spiro atoms. The fraction of sp³-hybridized carbons (Fsp3) is 0.0556. The van der Waals surface area contributed by atoms with E-state index in [0.717, 1.165) is 16.6 Å². The summed E-state index contributed by atoms with van der Waals surface area (Å²) < 4.78 is 0. The summed E-state index contributed by atoms with van der Waals surface area (Å²) in [5.41, 5.74) is 4.79. The van der Waals surface area contributed by atoms with Crippen molar-refractivity contribution in [1.82, 2.24) is 10.4 Å². The number of pyridine rings is 1. The number of carbonyl (C=O) groups excluding carboxylic acids is 1. The van der Waals surface area contributed by atoms with E-state index < -0.39 is 0 Å². The van der Waals surface area contributed by atoms with Gasteiger partial charge in [0.15, 0.2) is 0 Å². The minimum Gasteiger partial charge on any atom is -0.376 e. The molecular formula is C18H15ClN4O. The van der Waals surface area contributed by atoms with Crippen LogP contribution in [0.3, 0.4) is 0 Å². The monoisotopic (exact) mass is 338 g/mol. The van der Waals surface area contributed by atoms with Gasteiger partial charge in [-0.05, 0) is 24.3 Å². The molecule has 0 saturated heterocycles. The second kappa shape index (κ2) is 7.57. The summed E-state index contributed by atoms with van der Waals surface area (Å²) in [6, 6.07) is 19.0. The van der Waals surface area contributed by atoms with Crippen LogP contribution in [0.2, 0.25) is 5.15 Å². The van der Waals surface area contributed by atoms with E-state index in [-0.39, 0.29) is 12.5 Å². The van der Waals surface area contributed by atoms with Crippen molar-refractivity contribution in [2.24, 2.45) is 5.10 Å². The van der Waals surface area contributed by atoms with Crippen molar-refractivity contribution < 1.29 is 4.79 Å². The summed E-state index contributed by atoms with van der Waals surface area (Å²) in [5.74, 6) is -0.250. The Balaban J connectivity index is 1.59. The van der Waals surface area contributed by atoms with Gasteiger partial charge in [-0.3, -0.25) is 4.79 Å². The molecule has 0 bridgehead atoms. The summed E-state index contributed by atoms with van der Waals surface area (Å²) in [5, 5.41) is 8.24. The maximum absolute atomic E-state index is 11.8. The molecule has 0 radical (unpaired) electrons. The first kappa shape index (κ1) is 16.0. The first-order valence-corrected chi connectivity index (χ1v) is 7.76. The molecule has 0 fully saturated rings. The first-order valence-electron chi connectivity index (χ1n) is 7.38. The summed E-state index contributed by atoms with van der Waals surface area (Å²) in [4.78, 5) is 16.1. The predicted octanol–water partition coefficient (Wildman–Crippen LogP) is 3.45. The van der Waals surface area contributed by atoms with Gasteiger partial charge in [0.1, 0.15) is 5.15 Å². The van der Waals surface area contributed by atoms with E-state index in [0.29, 0.717) is 10.7 Å². The number of hydrogen-bond acceptors (Lipinski definition) is 4. The second-order valence-corrected chi connectivity index (χ2v) is 5.43. The molecule has 120 valence electrons. The zero-order chi connectivity index (χ0) is 16.8. The number of halogens is 1. The van der Waals surface area contributed by atoms with E-state index in [9.17, 15) is 4.79 Å². The van der Waals surface area contributed by atoms with Crippen LogP contribution in [-0.2, 0) is 4.79 Å². The first-order chi connectivity index (χ1) is 11.7. The van der Waals surface area contributed by atoms with Gasteiger partial charge in [0.25, 0.3) is 5.91 Å². The fourth-order valence-corrected chi connectivity index (χ4v) is 2.35. The Bertz CT molecular complexity index is 881. The van der Waals surface area contributed by atoms with Gasteiger partial charge in [0.05, 0.1) is 18.3 Å². The van der Waals surface area contributed by atoms with E-state index in [1.54, 1.807) is 0 Å². The lowest BCUT2D eigenvalue weighted by Crippen LogP contribution is -2.25. The molecule has 2 aromatic carbocycles. The average Bonchev–Trinajstić information content (AvgIpc) is 2.61. The molecule has 1 aromatic heterocycles. The Morgan fingerprint density at radius 3 is 2.71 bits per heavy atom. The highest BCUT2D eigenvalue weighted by Gasteiger charge is 2.03. The smallest absolute Gasteiger partial charge is 0.259 e. The SMILES string of the molecule is O=C(CNc1ccccc1)NN=Cc1cc2ccccc2nc1Cl. The highest BCUT2D eigenvalue weighted by molar-refractivity contribution is 6.32. The van der Waals surface area contributed by atoms with Crippen molar-refractivity contribution in [2.45, 2.75) is 0 Å². The predicted molar refractivity (Wildman–Crippen MR) is 97.4 cm³/mol. The number of fused-ring (bicyclic) bond motifs is 1. The summed E-state index contributed by atoms with van der Waals surface area (Å²) in [6.07, 6.45) is 1.49. The number of para-hydroxylation sites is 2. The van der Waals surface area contributed by atoms with Crippen molar-refractivity contribution in [3.8, 4) is 0 Å². The lowest BCUT2D eigenvalue weighted by molar-refractivity contribution is -0.119. The minimum absolute atomic E-state index is 0.130. The van der Waals surface area contributed by atoms with Crippen molar-refractivity contribution in [1.29, 1.82) is 0 Å². The van der Waals surface area contributed by atoms with Crippen LogP contribution in [0.4, 0.5) is 5.69 Å². The molecule has 0 atom stereocenters. The number of anilines is 1. The van der Waals surface area contributed by atoms with Gasteiger partial charge in [0.2, 0.25) is 0 Å². The molecule has 0 aliphatic carbocycles. The Morgan fingerprint density at radius 2 is 1.88 bits per heavy atom. The van der Waals surface area contributed by atoms with E-state index in [2.05, 4.69) is 20.8 Å². The molecule has 5 nitrogen and oxygen atoms in total. The molecule has 6 heteroatoms. The highest BCUT2D eigenvalue weighted by Crippen LogP contribution is 2.18. The maximum atomic E-state index is 11.8. The molecule has 24 heavy (non-hydrogen) atoms. The molecule has 1 amide bonds. The molecule has 0 aliphatic heterocycles. The van der Waals surface area contributed by atoms with Gasteiger partial charge in [-0.15, -0.1) is 0 Å². The molecule has 3 rings (SSSR count). The van der Waals surface area contributed by atoms with Crippen molar-refractivity contribution in [2.75, 3.05) is 11.9 Å². The third-order valence-corrected chi connectivity index (χ3v) is 3.63. The number of hydrogen-bond donors (Lipinski definition) is 2. The molecule has 0 aliphatic rings. The third-order valence-electron chi connectivity index (χ3n) is 3.32. The Labute approximate surface area is 144 Å². The number of rotatable bonds is 5. The number of nitrogens with zero attached hydrogens (tertiary/aromatic N) is 2. The molecule has 1 heterocycles. The highest BCUT2D eigenvalue weighted by atomic mass is 35.5. The van der Waals surface area contributed by atoms with Gasteiger partial charge in [-0.1, -0.05) is 48.0 Å². The van der Waals surface area contributed by atoms with Gasteiger partial charge >= 0.3 is 0 Å². The Kier molecular flexibility index (Phi) is 5.03. The van der Waals surface area contributed by atoms with Gasteiger partial charge in [-0.2, -0.15) is 5.10 Å². The summed E-state index contributed by atoms with van der Waals surface area (Å²) in [7, 11) is 0. The van der Waals surface area contributed by atoms with E-state index in [1.165, 1.54) is 6.21 Å². The minimum atomic E-state index is -0.250.